The minimum absolute atomic E-state index is 0.00310. The van der Waals surface area contributed by atoms with Gasteiger partial charge in [0.2, 0.25) is 10.0 Å². The van der Waals surface area contributed by atoms with Crippen molar-refractivity contribution in [3.63, 3.8) is 0 Å². The molecule has 0 aromatic heterocycles. The number of rotatable bonds is 9. The molecular formula is C19H24N2O5S. The highest BCUT2D eigenvalue weighted by molar-refractivity contribution is 7.89. The van der Waals surface area contributed by atoms with Gasteiger partial charge in [0.25, 0.3) is 0 Å². The summed E-state index contributed by atoms with van der Waals surface area (Å²) in [5.74, 6) is -0.419. The van der Waals surface area contributed by atoms with Gasteiger partial charge >= 0.3 is 5.97 Å². The van der Waals surface area contributed by atoms with E-state index >= 15 is 0 Å². The van der Waals surface area contributed by atoms with Crippen LogP contribution in [0.25, 0.3) is 0 Å². The summed E-state index contributed by atoms with van der Waals surface area (Å²) in [6.45, 7) is 0.854. The van der Waals surface area contributed by atoms with Gasteiger partial charge in [0.1, 0.15) is 11.3 Å². The summed E-state index contributed by atoms with van der Waals surface area (Å²) in [5, 5.41) is 0. The smallest absolute Gasteiger partial charge is 0.341 e. The van der Waals surface area contributed by atoms with Crippen LogP contribution in [0.3, 0.4) is 0 Å². The second kappa shape index (κ2) is 9.50. The molecule has 2 rings (SSSR count). The fourth-order valence-electron chi connectivity index (χ4n) is 2.61. The first-order valence-corrected chi connectivity index (χ1v) is 9.88. The molecule has 0 unspecified atom stereocenters. The number of carbonyl (C=O) groups excluding carboxylic acids is 1. The number of sulfonamides is 1. The second-order valence-electron chi connectivity index (χ2n) is 5.82. The van der Waals surface area contributed by atoms with Gasteiger partial charge < -0.3 is 15.2 Å². The van der Waals surface area contributed by atoms with Crippen molar-refractivity contribution in [3.05, 3.63) is 59.7 Å². The lowest BCUT2D eigenvalue weighted by molar-refractivity contribution is 0.0596. The Balaban J connectivity index is 2.43. The van der Waals surface area contributed by atoms with E-state index in [1.807, 2.05) is 30.3 Å². The molecule has 0 atom stereocenters. The SMILES string of the molecule is COC(=O)c1cc(S(=O)(=O)N(CCCN)Cc2ccccc2)ccc1OC. The number of benzene rings is 2. The highest BCUT2D eigenvalue weighted by atomic mass is 32.2. The van der Waals surface area contributed by atoms with Crippen LogP contribution in [0.15, 0.2) is 53.4 Å². The largest absolute Gasteiger partial charge is 0.496 e. The molecule has 0 heterocycles. The summed E-state index contributed by atoms with van der Waals surface area (Å²) in [5.41, 5.74) is 6.49. The van der Waals surface area contributed by atoms with Gasteiger partial charge in [0.15, 0.2) is 0 Å². The summed E-state index contributed by atoms with van der Waals surface area (Å²) in [4.78, 5) is 12.0. The van der Waals surface area contributed by atoms with Crippen LogP contribution in [0.4, 0.5) is 0 Å². The van der Waals surface area contributed by atoms with Gasteiger partial charge in [-0.1, -0.05) is 30.3 Å². The number of ether oxygens (including phenoxy) is 2. The topological polar surface area (TPSA) is 98.9 Å². The fourth-order valence-corrected chi connectivity index (χ4v) is 4.10. The molecule has 27 heavy (non-hydrogen) atoms. The highest BCUT2D eigenvalue weighted by Crippen LogP contribution is 2.26. The minimum atomic E-state index is -3.85. The van der Waals surface area contributed by atoms with E-state index in [-0.39, 0.29) is 29.3 Å². The van der Waals surface area contributed by atoms with Gasteiger partial charge in [-0.25, -0.2) is 13.2 Å². The summed E-state index contributed by atoms with van der Waals surface area (Å²) < 4.78 is 37.6. The molecule has 2 N–H and O–H groups in total. The van der Waals surface area contributed by atoms with Crippen molar-refractivity contribution in [2.45, 2.75) is 17.9 Å². The molecular weight excluding hydrogens is 368 g/mol. The van der Waals surface area contributed by atoms with Crippen molar-refractivity contribution in [2.24, 2.45) is 5.73 Å². The predicted octanol–water partition coefficient (Wildman–Crippen LogP) is 2.02. The highest BCUT2D eigenvalue weighted by Gasteiger charge is 2.26. The predicted molar refractivity (Wildman–Crippen MR) is 102 cm³/mol. The van der Waals surface area contributed by atoms with E-state index in [0.29, 0.717) is 13.0 Å². The summed E-state index contributed by atoms with van der Waals surface area (Å²) in [6, 6.07) is 13.4. The van der Waals surface area contributed by atoms with E-state index in [2.05, 4.69) is 0 Å². The molecule has 0 aliphatic heterocycles. The van der Waals surface area contributed by atoms with E-state index in [1.54, 1.807) is 0 Å². The van der Waals surface area contributed by atoms with Crippen LogP contribution in [0.5, 0.6) is 5.75 Å². The maximum absolute atomic E-state index is 13.2. The molecule has 0 radical (unpaired) electrons. The number of nitrogens with zero attached hydrogens (tertiary/aromatic N) is 1. The van der Waals surface area contributed by atoms with Crippen molar-refractivity contribution >= 4 is 16.0 Å². The minimum Gasteiger partial charge on any atom is -0.496 e. The molecule has 0 bridgehead atoms. The third kappa shape index (κ3) is 5.06. The monoisotopic (exact) mass is 392 g/mol. The Morgan fingerprint density at radius 3 is 2.41 bits per heavy atom. The number of hydrogen-bond donors (Lipinski definition) is 1. The Hall–Kier alpha value is -2.42. The van der Waals surface area contributed by atoms with Gasteiger partial charge in [-0.3, -0.25) is 0 Å². The van der Waals surface area contributed by atoms with Gasteiger partial charge in [-0.2, -0.15) is 4.31 Å². The Labute approximate surface area is 159 Å². The molecule has 0 fully saturated rings. The Morgan fingerprint density at radius 2 is 1.81 bits per heavy atom. The number of hydrogen-bond acceptors (Lipinski definition) is 6. The van der Waals surface area contributed by atoms with Crippen molar-refractivity contribution in [1.82, 2.24) is 4.31 Å². The van der Waals surface area contributed by atoms with Crippen LogP contribution in [0.1, 0.15) is 22.3 Å². The Kier molecular flexibility index (Phi) is 7.35. The molecule has 8 heteroatoms. The molecule has 0 amide bonds. The maximum Gasteiger partial charge on any atom is 0.341 e. The molecule has 0 spiro atoms. The molecule has 0 saturated heterocycles. The van der Waals surface area contributed by atoms with Gasteiger partial charge in [0, 0.05) is 13.1 Å². The number of nitrogens with two attached hydrogens (primary N) is 1. The average Bonchev–Trinajstić information content (AvgIpc) is 2.70. The maximum atomic E-state index is 13.2. The lowest BCUT2D eigenvalue weighted by Gasteiger charge is -2.22. The van der Waals surface area contributed by atoms with E-state index in [9.17, 15) is 13.2 Å². The first-order chi connectivity index (χ1) is 12.9. The zero-order valence-corrected chi connectivity index (χ0v) is 16.2. The molecule has 0 aliphatic rings. The van der Waals surface area contributed by atoms with Crippen LogP contribution in [0.2, 0.25) is 0 Å². The molecule has 2 aromatic carbocycles. The van der Waals surface area contributed by atoms with Crippen molar-refractivity contribution in [3.8, 4) is 5.75 Å². The molecule has 146 valence electrons. The first kappa shape index (κ1) is 20.9. The van der Waals surface area contributed by atoms with E-state index in [1.165, 1.54) is 36.7 Å². The van der Waals surface area contributed by atoms with Crippen molar-refractivity contribution < 1.29 is 22.7 Å². The van der Waals surface area contributed by atoms with E-state index < -0.39 is 16.0 Å². The van der Waals surface area contributed by atoms with E-state index in [0.717, 1.165) is 5.56 Å². The quantitative estimate of drug-likeness (QED) is 0.656. The fraction of sp³-hybridized carbons (Fsp3) is 0.316. The Bertz CT molecular complexity index is 869. The lowest BCUT2D eigenvalue weighted by atomic mass is 10.2. The Morgan fingerprint density at radius 1 is 1.11 bits per heavy atom. The van der Waals surface area contributed by atoms with Crippen LogP contribution < -0.4 is 10.5 Å². The summed E-state index contributed by atoms with van der Waals surface area (Å²) in [6.07, 6.45) is 0.520. The summed E-state index contributed by atoms with van der Waals surface area (Å²) in [7, 11) is -1.22. The van der Waals surface area contributed by atoms with Gasteiger partial charge in [0.05, 0.1) is 19.1 Å². The number of methoxy groups -OCH3 is 2. The summed E-state index contributed by atoms with van der Waals surface area (Å²) >= 11 is 0. The molecule has 7 nitrogen and oxygen atoms in total. The molecule has 2 aromatic rings. The van der Waals surface area contributed by atoms with Gasteiger partial charge in [-0.15, -0.1) is 0 Å². The van der Waals surface area contributed by atoms with Crippen LogP contribution in [-0.4, -0.2) is 46.0 Å². The third-order valence-corrected chi connectivity index (χ3v) is 5.87. The first-order valence-electron chi connectivity index (χ1n) is 8.44. The number of carbonyl (C=O) groups is 1. The average molecular weight is 392 g/mol. The van der Waals surface area contributed by atoms with Crippen LogP contribution in [0, 0.1) is 0 Å². The van der Waals surface area contributed by atoms with Crippen molar-refractivity contribution in [1.29, 1.82) is 0 Å². The normalized spacial score (nSPS) is 11.4. The zero-order valence-electron chi connectivity index (χ0n) is 15.4. The van der Waals surface area contributed by atoms with Gasteiger partial charge in [-0.05, 0) is 36.7 Å². The van der Waals surface area contributed by atoms with Crippen LogP contribution >= 0.6 is 0 Å². The molecule has 0 aliphatic carbocycles. The van der Waals surface area contributed by atoms with E-state index in [4.69, 9.17) is 15.2 Å². The third-order valence-electron chi connectivity index (χ3n) is 4.03. The van der Waals surface area contributed by atoms with Crippen molar-refractivity contribution in [2.75, 3.05) is 27.3 Å². The van der Waals surface area contributed by atoms with Crippen LogP contribution in [-0.2, 0) is 21.3 Å². The second-order valence-corrected chi connectivity index (χ2v) is 7.76. The lowest BCUT2D eigenvalue weighted by Crippen LogP contribution is -2.32. The zero-order chi connectivity index (χ0) is 19.9. The number of esters is 1. The molecule has 0 saturated carbocycles. The standard InChI is InChI=1S/C19H24N2O5S/c1-25-18-10-9-16(13-17(18)19(22)26-2)27(23,24)21(12-6-11-20)14-15-7-4-3-5-8-15/h3-5,7-10,13H,6,11-12,14,20H2,1-2H3.